The third-order valence-electron chi connectivity index (χ3n) is 7.09. The van der Waals surface area contributed by atoms with E-state index < -0.39 is 27.8 Å². The first-order valence-electron chi connectivity index (χ1n) is 13.3. The molecule has 7 nitrogen and oxygen atoms in total. The van der Waals surface area contributed by atoms with Crippen LogP contribution in [0.15, 0.2) is 91.1 Å². The number of pyridine rings is 1. The molecule has 5 rings (SSSR count). The Labute approximate surface area is 254 Å². The van der Waals surface area contributed by atoms with Gasteiger partial charge in [0, 0.05) is 40.8 Å². The number of anilines is 1. The molecule has 2 N–H and O–H groups in total. The zero-order chi connectivity index (χ0) is 29.9. The van der Waals surface area contributed by atoms with Crippen LogP contribution in [0.5, 0.6) is 0 Å². The second-order valence-electron chi connectivity index (χ2n) is 10.4. The Bertz CT molecular complexity index is 1600. The van der Waals surface area contributed by atoms with Crippen molar-refractivity contribution in [3.63, 3.8) is 0 Å². The van der Waals surface area contributed by atoms with E-state index in [-0.39, 0.29) is 29.0 Å². The summed E-state index contributed by atoms with van der Waals surface area (Å²) in [5.41, 5.74) is 2.70. The van der Waals surface area contributed by atoms with Gasteiger partial charge in [-0.3, -0.25) is 19.4 Å². The highest BCUT2D eigenvalue weighted by atomic mass is 35.5. The fourth-order valence-electron chi connectivity index (χ4n) is 5.13. The fourth-order valence-corrected chi connectivity index (χ4v) is 6.77. The normalized spacial score (nSPS) is 14.8. The van der Waals surface area contributed by atoms with Crippen LogP contribution >= 0.6 is 23.2 Å². The predicted molar refractivity (Wildman–Crippen MR) is 164 cm³/mol. The maximum absolute atomic E-state index is 14.4. The molecule has 1 aliphatic heterocycles. The van der Waals surface area contributed by atoms with Crippen LogP contribution in [-0.4, -0.2) is 43.1 Å². The average molecular weight is 628 g/mol. The van der Waals surface area contributed by atoms with E-state index in [0.717, 1.165) is 23.3 Å². The van der Waals surface area contributed by atoms with Crippen LogP contribution < -0.4 is 10.0 Å². The smallest absolute Gasteiger partial charge is 0.251 e. The topological polar surface area (TPSA) is 91.4 Å². The summed E-state index contributed by atoms with van der Waals surface area (Å²) in [4.78, 5) is 19.2. The van der Waals surface area contributed by atoms with E-state index in [9.17, 15) is 17.6 Å². The summed E-state index contributed by atoms with van der Waals surface area (Å²) >= 11 is 12.2. The molecule has 1 saturated heterocycles. The second kappa shape index (κ2) is 12.8. The molecule has 4 aromatic rings. The van der Waals surface area contributed by atoms with Crippen molar-refractivity contribution < 1.29 is 17.6 Å². The fraction of sp³-hybridized carbons (Fsp3) is 0.226. The molecule has 42 heavy (non-hydrogen) atoms. The molecule has 218 valence electrons. The summed E-state index contributed by atoms with van der Waals surface area (Å²) in [7, 11) is -3.83. The molecule has 1 aliphatic rings. The molecule has 11 heteroatoms. The Morgan fingerprint density at radius 1 is 0.976 bits per heavy atom. The predicted octanol–water partition coefficient (Wildman–Crippen LogP) is 6.48. The van der Waals surface area contributed by atoms with Gasteiger partial charge in [0.1, 0.15) is 5.82 Å². The highest BCUT2D eigenvalue weighted by Gasteiger charge is 2.36. The highest BCUT2D eigenvalue weighted by molar-refractivity contribution is 7.92. The molecule has 2 heterocycles. The van der Waals surface area contributed by atoms with Crippen molar-refractivity contribution in [3.8, 4) is 0 Å². The van der Waals surface area contributed by atoms with Crippen molar-refractivity contribution in [1.82, 2.24) is 15.2 Å². The number of benzene rings is 3. The number of aromatic nitrogens is 1. The van der Waals surface area contributed by atoms with Crippen molar-refractivity contribution in [1.29, 1.82) is 0 Å². The monoisotopic (exact) mass is 626 g/mol. The maximum Gasteiger partial charge on any atom is 0.251 e. The highest BCUT2D eigenvalue weighted by Crippen LogP contribution is 2.36. The molecule has 1 atom stereocenters. The Balaban J connectivity index is 1.23. The van der Waals surface area contributed by atoms with Crippen LogP contribution in [0.3, 0.4) is 0 Å². The molecular weight excluding hydrogens is 598 g/mol. The molecule has 0 bridgehead atoms. The summed E-state index contributed by atoms with van der Waals surface area (Å²) < 4.78 is 43.0. The zero-order valence-electron chi connectivity index (χ0n) is 22.7. The summed E-state index contributed by atoms with van der Waals surface area (Å²) in [6.45, 7) is 2.84. The summed E-state index contributed by atoms with van der Waals surface area (Å²) in [6.07, 6.45) is 1.61. The van der Waals surface area contributed by atoms with Crippen LogP contribution in [0.2, 0.25) is 10.0 Å². The number of nitrogens with zero attached hydrogens (tertiary/aromatic N) is 2. The Kier molecular flexibility index (Phi) is 9.13. The first-order chi connectivity index (χ1) is 20.1. The number of likely N-dealkylation sites (tertiary alicyclic amines) is 1. The number of sulfonamides is 1. The Morgan fingerprint density at radius 3 is 2.17 bits per heavy atom. The first-order valence-corrected chi connectivity index (χ1v) is 15.7. The molecule has 3 aromatic carbocycles. The molecule has 1 amide bonds. The number of nitrogens with one attached hydrogen (secondary N) is 2. The molecule has 1 unspecified atom stereocenters. The number of rotatable bonds is 10. The lowest BCUT2D eigenvalue weighted by Gasteiger charge is -2.44. The Morgan fingerprint density at radius 2 is 1.60 bits per heavy atom. The number of halogens is 3. The van der Waals surface area contributed by atoms with Gasteiger partial charge in [0.2, 0.25) is 10.0 Å². The third-order valence-corrected chi connectivity index (χ3v) is 9.05. The second-order valence-corrected chi connectivity index (χ2v) is 13.0. The minimum absolute atomic E-state index is 0.000860. The lowest BCUT2D eigenvalue weighted by Crippen LogP contribution is -2.51. The van der Waals surface area contributed by atoms with Gasteiger partial charge in [-0.05, 0) is 72.6 Å². The van der Waals surface area contributed by atoms with Crippen LogP contribution in [0.4, 0.5) is 10.1 Å². The standard InChI is InChI=1S/C31H29Cl2FN4O3S/c1-20(29-4-2-3-13-35-29)36-31(39)24-14-27(34)16-28(15-24)37-42(40,41)19-21-17-38(18-21)30(22-5-9-25(32)10-6-22)23-7-11-26(33)12-8-23/h2-16,20-21,30,37H,17-19H2,1H3,(H,36,39). The van der Waals surface area contributed by atoms with Gasteiger partial charge >= 0.3 is 0 Å². The molecule has 1 fully saturated rings. The molecule has 1 aromatic heterocycles. The average Bonchev–Trinajstić information content (AvgIpc) is 2.93. The van der Waals surface area contributed by atoms with Gasteiger partial charge in [-0.25, -0.2) is 12.8 Å². The van der Waals surface area contributed by atoms with E-state index in [0.29, 0.717) is 28.8 Å². The van der Waals surface area contributed by atoms with Crippen LogP contribution in [0.1, 0.15) is 46.2 Å². The Hall–Kier alpha value is -3.50. The van der Waals surface area contributed by atoms with Crippen molar-refractivity contribution in [2.75, 3.05) is 23.6 Å². The van der Waals surface area contributed by atoms with Crippen molar-refractivity contribution in [2.45, 2.75) is 19.0 Å². The largest absolute Gasteiger partial charge is 0.344 e. The van der Waals surface area contributed by atoms with Gasteiger partial charge in [-0.2, -0.15) is 0 Å². The summed E-state index contributed by atoms with van der Waals surface area (Å²) in [5, 5.41) is 4.03. The summed E-state index contributed by atoms with van der Waals surface area (Å²) in [5.74, 6) is -1.56. The lowest BCUT2D eigenvalue weighted by atomic mass is 9.91. The molecular formula is C31H29Cl2FN4O3S. The van der Waals surface area contributed by atoms with E-state index in [1.54, 1.807) is 31.3 Å². The van der Waals surface area contributed by atoms with Gasteiger partial charge in [-0.1, -0.05) is 53.5 Å². The number of carbonyl (C=O) groups is 1. The number of hydrogen-bond acceptors (Lipinski definition) is 5. The van der Waals surface area contributed by atoms with Gasteiger partial charge in [0.25, 0.3) is 5.91 Å². The van der Waals surface area contributed by atoms with Crippen LogP contribution in [-0.2, 0) is 10.0 Å². The lowest BCUT2D eigenvalue weighted by molar-refractivity contribution is 0.0813. The number of hydrogen-bond donors (Lipinski definition) is 2. The van der Waals surface area contributed by atoms with E-state index in [2.05, 4.69) is 19.9 Å². The molecule has 0 saturated carbocycles. The van der Waals surface area contributed by atoms with E-state index >= 15 is 0 Å². The van der Waals surface area contributed by atoms with Gasteiger partial charge in [0.05, 0.1) is 29.2 Å². The van der Waals surface area contributed by atoms with Crippen molar-refractivity contribution in [3.05, 3.63) is 129 Å². The summed E-state index contributed by atoms with van der Waals surface area (Å²) in [6, 6.07) is 23.4. The van der Waals surface area contributed by atoms with E-state index in [1.165, 1.54) is 6.07 Å². The van der Waals surface area contributed by atoms with Gasteiger partial charge < -0.3 is 5.32 Å². The van der Waals surface area contributed by atoms with Gasteiger partial charge in [-0.15, -0.1) is 0 Å². The van der Waals surface area contributed by atoms with E-state index in [1.807, 2.05) is 48.5 Å². The SMILES string of the molecule is CC(NC(=O)c1cc(F)cc(NS(=O)(=O)CC2CN(C(c3ccc(Cl)cc3)c3ccc(Cl)cc3)C2)c1)c1ccccn1. The molecule has 0 radical (unpaired) electrons. The molecule has 0 spiro atoms. The maximum atomic E-state index is 14.4. The quantitative estimate of drug-likeness (QED) is 0.210. The molecule has 0 aliphatic carbocycles. The number of carbonyl (C=O) groups excluding carboxylic acids is 1. The minimum Gasteiger partial charge on any atom is -0.344 e. The van der Waals surface area contributed by atoms with Crippen molar-refractivity contribution >= 4 is 44.8 Å². The third kappa shape index (κ3) is 7.46. The van der Waals surface area contributed by atoms with Gasteiger partial charge in [0.15, 0.2) is 0 Å². The van der Waals surface area contributed by atoms with Crippen LogP contribution in [0.25, 0.3) is 0 Å². The van der Waals surface area contributed by atoms with Crippen molar-refractivity contribution in [2.24, 2.45) is 5.92 Å². The minimum atomic E-state index is -3.83. The zero-order valence-corrected chi connectivity index (χ0v) is 25.0. The first kappa shape index (κ1) is 30.0. The number of amides is 1. The van der Waals surface area contributed by atoms with Crippen LogP contribution in [0, 0.1) is 11.7 Å². The van der Waals surface area contributed by atoms with E-state index in [4.69, 9.17) is 23.2 Å².